The summed E-state index contributed by atoms with van der Waals surface area (Å²) in [6, 6.07) is 2.07. The van der Waals surface area contributed by atoms with E-state index in [9.17, 15) is 14.0 Å². The van der Waals surface area contributed by atoms with Crippen LogP contribution in [0, 0.1) is 5.82 Å². The number of anilines is 1. The number of urea groups is 1. The topological polar surface area (TPSA) is 87.7 Å². The molecule has 0 saturated carbocycles. The van der Waals surface area contributed by atoms with Crippen LogP contribution in [0.1, 0.15) is 0 Å². The molecule has 0 aliphatic carbocycles. The van der Waals surface area contributed by atoms with Gasteiger partial charge in [0.25, 0.3) is 0 Å². The molecule has 1 aromatic rings. The zero-order valence-corrected chi connectivity index (χ0v) is 11.5. The Morgan fingerprint density at radius 3 is 2.74 bits per heavy atom. The SMILES string of the molecule is COCC(NC(=O)Nc1ccc(Br)c(F)c1)C(=O)O. The highest BCUT2D eigenvalue weighted by Gasteiger charge is 2.19. The average Bonchev–Trinajstić information content (AvgIpc) is 2.33. The molecule has 0 fully saturated rings. The van der Waals surface area contributed by atoms with E-state index in [1.54, 1.807) is 0 Å². The van der Waals surface area contributed by atoms with E-state index < -0.39 is 23.9 Å². The highest BCUT2D eigenvalue weighted by Crippen LogP contribution is 2.19. The van der Waals surface area contributed by atoms with Crippen molar-refractivity contribution in [2.75, 3.05) is 19.0 Å². The van der Waals surface area contributed by atoms with Gasteiger partial charge >= 0.3 is 12.0 Å². The van der Waals surface area contributed by atoms with Gasteiger partial charge in [0, 0.05) is 12.8 Å². The summed E-state index contributed by atoms with van der Waals surface area (Å²) in [5, 5.41) is 13.3. The van der Waals surface area contributed by atoms with Crippen LogP contribution in [0.15, 0.2) is 22.7 Å². The van der Waals surface area contributed by atoms with Gasteiger partial charge in [0.15, 0.2) is 6.04 Å². The molecule has 6 nitrogen and oxygen atoms in total. The van der Waals surface area contributed by atoms with Crippen LogP contribution in [-0.2, 0) is 9.53 Å². The maximum atomic E-state index is 13.2. The second-order valence-corrected chi connectivity index (χ2v) is 4.43. The second kappa shape index (κ2) is 7.05. The molecule has 104 valence electrons. The number of carbonyl (C=O) groups is 2. The van der Waals surface area contributed by atoms with E-state index in [2.05, 4.69) is 31.3 Å². The predicted molar refractivity (Wildman–Crippen MR) is 69.6 cm³/mol. The van der Waals surface area contributed by atoms with Crippen LogP contribution in [0.5, 0.6) is 0 Å². The van der Waals surface area contributed by atoms with Gasteiger partial charge in [0.05, 0.1) is 11.1 Å². The van der Waals surface area contributed by atoms with Gasteiger partial charge in [0.2, 0.25) is 0 Å². The number of amides is 2. The zero-order chi connectivity index (χ0) is 14.4. The van der Waals surface area contributed by atoms with Crippen LogP contribution >= 0.6 is 15.9 Å². The highest BCUT2D eigenvalue weighted by atomic mass is 79.9. The minimum atomic E-state index is -1.22. The van der Waals surface area contributed by atoms with E-state index in [0.29, 0.717) is 0 Å². The van der Waals surface area contributed by atoms with Crippen LogP contribution in [-0.4, -0.2) is 36.9 Å². The monoisotopic (exact) mass is 334 g/mol. The number of methoxy groups -OCH3 is 1. The lowest BCUT2D eigenvalue weighted by molar-refractivity contribution is -0.140. The van der Waals surface area contributed by atoms with Gasteiger partial charge in [-0.25, -0.2) is 14.0 Å². The molecule has 1 rings (SSSR count). The molecule has 8 heteroatoms. The molecule has 1 atom stereocenters. The van der Waals surface area contributed by atoms with E-state index in [1.165, 1.54) is 19.2 Å². The predicted octanol–water partition coefficient (Wildman–Crippen LogP) is 1.81. The van der Waals surface area contributed by atoms with E-state index >= 15 is 0 Å². The van der Waals surface area contributed by atoms with Crippen molar-refractivity contribution in [3.8, 4) is 0 Å². The van der Waals surface area contributed by atoms with Crippen LogP contribution in [0.25, 0.3) is 0 Å². The summed E-state index contributed by atoms with van der Waals surface area (Å²) in [6.45, 7) is -0.169. The third-order valence-corrected chi connectivity index (χ3v) is 2.76. The summed E-state index contributed by atoms with van der Waals surface area (Å²) in [4.78, 5) is 22.3. The van der Waals surface area contributed by atoms with Crippen molar-refractivity contribution in [2.24, 2.45) is 0 Å². The Labute approximate surface area is 117 Å². The Bertz CT molecular complexity index is 484. The average molecular weight is 335 g/mol. The third-order valence-electron chi connectivity index (χ3n) is 2.11. The first-order valence-corrected chi connectivity index (χ1v) is 5.97. The molecule has 2 amide bonds. The Morgan fingerprint density at radius 2 is 2.21 bits per heavy atom. The first kappa shape index (κ1) is 15.4. The smallest absolute Gasteiger partial charge is 0.328 e. The molecule has 19 heavy (non-hydrogen) atoms. The van der Waals surface area contributed by atoms with E-state index in [1.807, 2.05) is 0 Å². The molecule has 0 saturated heterocycles. The van der Waals surface area contributed by atoms with E-state index in [0.717, 1.165) is 6.07 Å². The quantitative estimate of drug-likeness (QED) is 0.766. The largest absolute Gasteiger partial charge is 0.480 e. The summed E-state index contributed by atoms with van der Waals surface area (Å²) >= 11 is 2.98. The van der Waals surface area contributed by atoms with Crippen molar-refractivity contribution in [3.63, 3.8) is 0 Å². The molecular formula is C11H12BrFN2O4. The van der Waals surface area contributed by atoms with Crippen molar-refractivity contribution in [3.05, 3.63) is 28.5 Å². The number of halogens is 2. The number of benzene rings is 1. The first-order valence-electron chi connectivity index (χ1n) is 5.18. The minimum Gasteiger partial charge on any atom is -0.480 e. The molecule has 0 bridgehead atoms. The number of rotatable bonds is 5. The van der Waals surface area contributed by atoms with Gasteiger partial charge in [-0.1, -0.05) is 0 Å². The lowest BCUT2D eigenvalue weighted by Crippen LogP contribution is -2.45. The fourth-order valence-corrected chi connectivity index (χ4v) is 1.49. The number of carboxylic acid groups (broad SMARTS) is 1. The molecule has 0 heterocycles. The molecule has 0 aromatic heterocycles. The van der Waals surface area contributed by atoms with E-state index in [-0.39, 0.29) is 16.8 Å². The van der Waals surface area contributed by atoms with Gasteiger partial charge in [-0.15, -0.1) is 0 Å². The second-order valence-electron chi connectivity index (χ2n) is 3.57. The first-order chi connectivity index (χ1) is 8.93. The van der Waals surface area contributed by atoms with Crippen molar-refractivity contribution < 1.29 is 23.8 Å². The van der Waals surface area contributed by atoms with Crippen LogP contribution in [0.2, 0.25) is 0 Å². The minimum absolute atomic E-state index is 0.169. The van der Waals surface area contributed by atoms with Gasteiger partial charge in [0.1, 0.15) is 5.82 Å². The van der Waals surface area contributed by atoms with Crippen molar-refractivity contribution in [2.45, 2.75) is 6.04 Å². The van der Waals surface area contributed by atoms with Crippen LogP contribution in [0.4, 0.5) is 14.9 Å². The molecule has 0 aliphatic heterocycles. The fourth-order valence-electron chi connectivity index (χ4n) is 1.24. The maximum Gasteiger partial charge on any atom is 0.328 e. The maximum absolute atomic E-state index is 13.2. The highest BCUT2D eigenvalue weighted by molar-refractivity contribution is 9.10. The number of carbonyl (C=O) groups excluding carboxylic acids is 1. The molecule has 3 N–H and O–H groups in total. The van der Waals surface area contributed by atoms with E-state index in [4.69, 9.17) is 5.11 Å². The summed E-state index contributed by atoms with van der Waals surface area (Å²) < 4.78 is 18.1. The molecular weight excluding hydrogens is 323 g/mol. The van der Waals surface area contributed by atoms with Gasteiger partial charge in [-0.2, -0.15) is 0 Å². The standard InChI is InChI=1S/C11H12BrFN2O4/c1-19-5-9(10(16)17)15-11(18)14-6-2-3-7(12)8(13)4-6/h2-4,9H,5H2,1H3,(H,16,17)(H2,14,15,18). The normalized spacial score (nSPS) is 11.7. The summed E-state index contributed by atoms with van der Waals surface area (Å²) in [5.41, 5.74) is 0.208. The Hall–Kier alpha value is -1.67. The Morgan fingerprint density at radius 1 is 1.53 bits per heavy atom. The fraction of sp³-hybridized carbons (Fsp3) is 0.273. The number of hydrogen-bond acceptors (Lipinski definition) is 3. The van der Waals surface area contributed by atoms with Crippen molar-refractivity contribution in [1.82, 2.24) is 5.32 Å². The van der Waals surface area contributed by atoms with Gasteiger partial charge in [-0.3, -0.25) is 0 Å². The number of nitrogens with one attached hydrogen (secondary N) is 2. The summed E-state index contributed by atoms with van der Waals surface area (Å²) in [6.07, 6.45) is 0. The number of carboxylic acids is 1. The number of hydrogen-bond donors (Lipinski definition) is 3. The summed E-state index contributed by atoms with van der Waals surface area (Å²) in [5.74, 6) is -1.76. The molecule has 1 unspecified atom stereocenters. The zero-order valence-electron chi connectivity index (χ0n) is 9.94. The molecule has 0 radical (unpaired) electrons. The molecule has 0 spiro atoms. The van der Waals surface area contributed by atoms with Gasteiger partial charge < -0.3 is 20.5 Å². The third kappa shape index (κ3) is 4.84. The van der Waals surface area contributed by atoms with Gasteiger partial charge in [-0.05, 0) is 34.1 Å². The van der Waals surface area contributed by atoms with Crippen LogP contribution in [0.3, 0.4) is 0 Å². The van der Waals surface area contributed by atoms with Crippen molar-refractivity contribution in [1.29, 1.82) is 0 Å². The molecule has 0 aliphatic rings. The lowest BCUT2D eigenvalue weighted by atomic mass is 10.3. The molecule has 1 aromatic carbocycles. The van der Waals surface area contributed by atoms with Crippen molar-refractivity contribution >= 4 is 33.6 Å². The Kier molecular flexibility index (Phi) is 5.71. The lowest BCUT2D eigenvalue weighted by Gasteiger charge is -2.14. The summed E-state index contributed by atoms with van der Waals surface area (Å²) in [7, 11) is 1.32. The number of ether oxygens (including phenoxy) is 1. The van der Waals surface area contributed by atoms with Crippen LogP contribution < -0.4 is 10.6 Å². The Balaban J connectivity index is 2.63. The number of aliphatic carboxylic acids is 1.